The van der Waals surface area contributed by atoms with E-state index >= 15 is 0 Å². The van der Waals surface area contributed by atoms with Gasteiger partial charge >= 0.3 is 0 Å². The van der Waals surface area contributed by atoms with E-state index in [0.717, 1.165) is 24.0 Å². The van der Waals surface area contributed by atoms with E-state index in [0.29, 0.717) is 29.3 Å². The van der Waals surface area contributed by atoms with Gasteiger partial charge in [-0.3, -0.25) is 4.68 Å². The van der Waals surface area contributed by atoms with Gasteiger partial charge in [0.1, 0.15) is 11.4 Å². The first-order valence-electron chi connectivity index (χ1n) is 11.7. The highest BCUT2D eigenvalue weighted by Crippen LogP contribution is 2.37. The molecule has 5 rings (SSSR count). The fraction of sp³-hybridized carbons (Fsp3) is 0.520. The van der Waals surface area contributed by atoms with Gasteiger partial charge in [-0.15, -0.1) is 10.2 Å². The molecule has 8 heteroatoms. The second kappa shape index (κ2) is 7.80. The predicted octanol–water partition coefficient (Wildman–Crippen LogP) is 4.19. The highest BCUT2D eigenvalue weighted by molar-refractivity contribution is 5.73. The van der Waals surface area contributed by atoms with Crippen LogP contribution in [0.2, 0.25) is 0 Å². The molecule has 0 amide bonds. The second-order valence-corrected chi connectivity index (χ2v) is 10.9. The summed E-state index contributed by atoms with van der Waals surface area (Å²) < 4.78 is 2.01. The van der Waals surface area contributed by atoms with Crippen molar-refractivity contribution in [1.29, 1.82) is 0 Å². The van der Waals surface area contributed by atoms with Crippen LogP contribution < -0.4 is 10.2 Å². The van der Waals surface area contributed by atoms with Crippen LogP contribution in [0.1, 0.15) is 59.4 Å². The van der Waals surface area contributed by atoms with Gasteiger partial charge in [0.15, 0.2) is 0 Å². The van der Waals surface area contributed by atoms with Gasteiger partial charge in [0, 0.05) is 41.5 Å². The van der Waals surface area contributed by atoms with Crippen LogP contribution in [0.4, 0.5) is 5.95 Å². The molecule has 0 radical (unpaired) electrons. The number of hydrogen-bond donors (Lipinski definition) is 2. The Labute approximate surface area is 195 Å². The van der Waals surface area contributed by atoms with Crippen molar-refractivity contribution < 1.29 is 5.11 Å². The van der Waals surface area contributed by atoms with Crippen LogP contribution >= 0.6 is 0 Å². The van der Waals surface area contributed by atoms with Crippen LogP contribution in [0, 0.1) is 0 Å². The molecule has 2 fully saturated rings. The summed E-state index contributed by atoms with van der Waals surface area (Å²) >= 11 is 0. The third kappa shape index (κ3) is 4.57. The van der Waals surface area contributed by atoms with Crippen molar-refractivity contribution in [1.82, 2.24) is 30.3 Å². The molecule has 1 aromatic carbocycles. The average Bonchev–Trinajstić information content (AvgIpc) is 3.48. The molecule has 8 nitrogen and oxygen atoms in total. The molecule has 2 aliphatic rings. The minimum atomic E-state index is 0.0384. The number of anilines is 1. The van der Waals surface area contributed by atoms with Gasteiger partial charge in [-0.25, -0.2) is 4.98 Å². The minimum Gasteiger partial charge on any atom is -0.507 e. The molecule has 0 unspecified atom stereocenters. The summed E-state index contributed by atoms with van der Waals surface area (Å²) in [5, 5.41) is 27.6. The van der Waals surface area contributed by atoms with E-state index in [4.69, 9.17) is 0 Å². The zero-order valence-corrected chi connectivity index (χ0v) is 20.1. The van der Waals surface area contributed by atoms with E-state index < -0.39 is 0 Å². The fourth-order valence-corrected chi connectivity index (χ4v) is 5.21. The molecule has 0 spiro atoms. The van der Waals surface area contributed by atoms with Crippen molar-refractivity contribution in [3.63, 3.8) is 0 Å². The first kappa shape index (κ1) is 21.8. The molecular weight excluding hydrogens is 414 g/mol. The third-order valence-corrected chi connectivity index (χ3v) is 6.71. The molecule has 1 aliphatic heterocycles. The van der Waals surface area contributed by atoms with Crippen LogP contribution in [0.5, 0.6) is 5.75 Å². The minimum absolute atomic E-state index is 0.0384. The highest BCUT2D eigenvalue weighted by atomic mass is 16.3. The lowest BCUT2D eigenvalue weighted by Gasteiger charge is -2.48. The number of nitrogens with one attached hydrogen (secondary N) is 1. The maximum Gasteiger partial charge on any atom is 0.245 e. The van der Waals surface area contributed by atoms with Gasteiger partial charge in [0.2, 0.25) is 5.95 Å². The van der Waals surface area contributed by atoms with Gasteiger partial charge in [-0.1, -0.05) is 6.07 Å². The van der Waals surface area contributed by atoms with Crippen molar-refractivity contribution in [3.05, 3.63) is 36.8 Å². The summed E-state index contributed by atoms with van der Waals surface area (Å²) in [6.07, 6.45) is 9.96. The average molecular weight is 448 g/mol. The Morgan fingerprint density at radius 3 is 2.36 bits per heavy atom. The molecule has 3 aromatic rings. The molecule has 0 bridgehead atoms. The van der Waals surface area contributed by atoms with Crippen molar-refractivity contribution in [2.24, 2.45) is 0 Å². The Hall–Kier alpha value is -3.00. The van der Waals surface area contributed by atoms with E-state index in [1.54, 1.807) is 12.3 Å². The molecule has 0 atom stereocenters. The van der Waals surface area contributed by atoms with Crippen molar-refractivity contribution in [2.45, 2.75) is 76.5 Å². The summed E-state index contributed by atoms with van der Waals surface area (Å²) in [7, 11) is 2.03. The zero-order chi connectivity index (χ0) is 23.4. The van der Waals surface area contributed by atoms with Crippen LogP contribution in [0.15, 0.2) is 36.8 Å². The van der Waals surface area contributed by atoms with Gasteiger partial charge in [0.05, 0.1) is 18.4 Å². The predicted molar refractivity (Wildman–Crippen MR) is 129 cm³/mol. The van der Waals surface area contributed by atoms with Crippen molar-refractivity contribution in [2.75, 3.05) is 11.9 Å². The third-order valence-electron chi connectivity index (χ3n) is 6.71. The van der Waals surface area contributed by atoms with Gasteiger partial charge < -0.3 is 15.3 Å². The fourth-order valence-electron chi connectivity index (χ4n) is 5.21. The molecule has 2 aromatic heterocycles. The number of nitrogens with zero attached hydrogens (tertiary/aromatic N) is 6. The van der Waals surface area contributed by atoms with Crippen LogP contribution in [0.25, 0.3) is 22.4 Å². The Balaban J connectivity index is 1.33. The summed E-state index contributed by atoms with van der Waals surface area (Å²) in [6.45, 7) is 8.95. The number of aromatic nitrogens is 5. The summed E-state index contributed by atoms with van der Waals surface area (Å²) in [5.41, 5.74) is 3.17. The van der Waals surface area contributed by atoms with Gasteiger partial charge in [-0.2, -0.15) is 5.10 Å². The number of benzene rings is 1. The first-order valence-corrected chi connectivity index (χ1v) is 11.7. The lowest BCUT2D eigenvalue weighted by molar-refractivity contribution is 0.160. The van der Waals surface area contributed by atoms with Crippen molar-refractivity contribution >= 4 is 5.95 Å². The van der Waals surface area contributed by atoms with Crippen LogP contribution in [-0.2, 0) is 0 Å². The molecule has 2 N–H and O–H groups in total. The lowest BCUT2D eigenvalue weighted by Crippen LogP contribution is -2.62. The Morgan fingerprint density at radius 2 is 1.76 bits per heavy atom. The molecule has 33 heavy (non-hydrogen) atoms. The number of phenolic OH excluding ortho intramolecular Hbond substituents is 1. The van der Waals surface area contributed by atoms with Gasteiger partial charge in [0.25, 0.3) is 0 Å². The first-order chi connectivity index (χ1) is 15.6. The highest BCUT2D eigenvalue weighted by Gasteiger charge is 2.39. The largest absolute Gasteiger partial charge is 0.507 e. The standard InChI is InChI=1S/C25H33N7O/c1-24(2)11-19(12-25(3,4)30-24)31(5)23-26-14-21(28-29-23)20-9-6-16(10-22(20)33)17-13-27-32(15-17)18-7-8-18/h6,9-10,13-15,18-19,30,33H,7-8,11-12H2,1-5H3. The summed E-state index contributed by atoms with van der Waals surface area (Å²) in [6, 6.07) is 6.44. The zero-order valence-electron chi connectivity index (χ0n) is 20.1. The summed E-state index contributed by atoms with van der Waals surface area (Å²) in [5.74, 6) is 0.756. The molecule has 1 saturated carbocycles. The van der Waals surface area contributed by atoms with E-state index in [2.05, 4.69) is 58.2 Å². The Kier molecular flexibility index (Phi) is 5.16. The molecular formula is C25H33N7O. The monoisotopic (exact) mass is 447 g/mol. The Morgan fingerprint density at radius 1 is 1.03 bits per heavy atom. The number of hydrogen-bond acceptors (Lipinski definition) is 7. The van der Waals surface area contributed by atoms with Crippen molar-refractivity contribution in [3.8, 4) is 28.1 Å². The topological polar surface area (TPSA) is 92.0 Å². The Bertz CT molecular complexity index is 1130. The molecule has 1 saturated heterocycles. The van der Waals surface area contributed by atoms with Gasteiger partial charge in [-0.05, 0) is 71.1 Å². The SMILES string of the molecule is CN(c1ncc(-c2ccc(-c3cnn(C4CC4)c3)cc2O)nn1)C1CC(C)(C)NC(C)(C)C1. The van der Waals surface area contributed by atoms with E-state index in [9.17, 15) is 5.11 Å². The normalized spacial score (nSPS) is 20.0. The molecule has 3 heterocycles. The quantitative estimate of drug-likeness (QED) is 0.606. The molecule has 1 aliphatic carbocycles. The molecule has 174 valence electrons. The summed E-state index contributed by atoms with van der Waals surface area (Å²) in [4.78, 5) is 6.71. The number of aromatic hydroxyl groups is 1. The van der Waals surface area contributed by atoms with E-state index in [1.165, 1.54) is 12.8 Å². The van der Waals surface area contributed by atoms with E-state index in [-0.39, 0.29) is 16.8 Å². The maximum absolute atomic E-state index is 10.7. The number of piperidine rings is 1. The number of rotatable bonds is 5. The second-order valence-electron chi connectivity index (χ2n) is 10.9. The van der Waals surface area contributed by atoms with Crippen LogP contribution in [-0.4, -0.2) is 54.2 Å². The maximum atomic E-state index is 10.7. The lowest BCUT2D eigenvalue weighted by atomic mass is 9.79. The van der Waals surface area contributed by atoms with E-state index in [1.807, 2.05) is 36.3 Å². The van der Waals surface area contributed by atoms with Crippen LogP contribution in [0.3, 0.4) is 0 Å². The smallest absolute Gasteiger partial charge is 0.245 e. The number of phenols is 1.